The molecule has 1 fully saturated rings. The second kappa shape index (κ2) is 6.66. The van der Waals surface area contributed by atoms with Crippen LogP contribution in [-0.2, 0) is 17.6 Å². The Morgan fingerprint density at radius 1 is 1.30 bits per heavy atom. The zero-order chi connectivity index (χ0) is 16.6. The smallest absolute Gasteiger partial charge is 0.411 e. The maximum atomic E-state index is 12.0. The number of aryl methyl sites for hydroxylation is 1. The number of pyridine rings is 1. The molecule has 1 amide bonds. The third-order valence-electron chi connectivity index (χ3n) is 4.59. The first-order valence-electron chi connectivity index (χ1n) is 7.88. The van der Waals surface area contributed by atoms with Gasteiger partial charge >= 0.3 is 6.09 Å². The van der Waals surface area contributed by atoms with Gasteiger partial charge in [0.05, 0.1) is 5.69 Å². The second-order valence-corrected chi connectivity index (χ2v) is 8.74. The predicted octanol–water partition coefficient (Wildman–Crippen LogP) is 5.06. The lowest BCUT2D eigenvalue weighted by molar-refractivity contribution is 0.164. The number of nitrogens with one attached hydrogen (secondary N) is 1. The van der Waals surface area contributed by atoms with E-state index in [0.717, 1.165) is 47.5 Å². The van der Waals surface area contributed by atoms with Gasteiger partial charge < -0.3 is 4.74 Å². The Labute approximate surface area is 150 Å². The largest absolute Gasteiger partial charge is 0.445 e. The molecule has 0 atom stereocenters. The van der Waals surface area contributed by atoms with Crippen LogP contribution in [-0.4, -0.2) is 21.5 Å². The predicted molar refractivity (Wildman–Crippen MR) is 92.9 cm³/mol. The van der Waals surface area contributed by atoms with Crippen LogP contribution in [0.15, 0.2) is 0 Å². The molecule has 4 nitrogen and oxygen atoms in total. The summed E-state index contributed by atoms with van der Waals surface area (Å²) in [7, 11) is 0. The summed E-state index contributed by atoms with van der Waals surface area (Å²) in [6, 6.07) is 0. The molecule has 1 saturated carbocycles. The van der Waals surface area contributed by atoms with Crippen LogP contribution in [0, 0.1) is 6.92 Å². The van der Waals surface area contributed by atoms with E-state index in [4.69, 9.17) is 44.5 Å². The lowest BCUT2D eigenvalue weighted by Gasteiger charge is -2.28. The highest BCUT2D eigenvalue weighted by Crippen LogP contribution is 2.41. The number of anilines is 1. The molecule has 0 aromatic carbocycles. The summed E-state index contributed by atoms with van der Waals surface area (Å²) in [6.07, 6.45) is 5.94. The van der Waals surface area contributed by atoms with E-state index in [1.807, 2.05) is 6.92 Å². The molecule has 0 unspecified atom stereocenters. The number of ether oxygens (including phenoxy) is 1. The van der Waals surface area contributed by atoms with Crippen molar-refractivity contribution >= 4 is 46.6 Å². The van der Waals surface area contributed by atoms with Gasteiger partial charge in [-0.1, -0.05) is 41.2 Å². The molecule has 0 saturated heterocycles. The normalized spacial score (nSPS) is 17.6. The lowest BCUT2D eigenvalue weighted by atomic mass is 9.80. The minimum Gasteiger partial charge on any atom is -0.445 e. The Kier molecular flexibility index (Phi) is 4.96. The van der Waals surface area contributed by atoms with Crippen LogP contribution in [0.4, 0.5) is 10.5 Å². The molecule has 0 radical (unpaired) electrons. The summed E-state index contributed by atoms with van der Waals surface area (Å²) < 4.78 is 3.39. The van der Waals surface area contributed by atoms with Gasteiger partial charge in [0.2, 0.25) is 3.79 Å². The average Bonchev–Trinajstić information content (AvgIpc) is 2.86. The molecule has 0 aliphatic heterocycles. The highest BCUT2D eigenvalue weighted by molar-refractivity contribution is 6.67. The fourth-order valence-corrected chi connectivity index (χ4v) is 3.40. The minimum atomic E-state index is -1.61. The number of carbonyl (C=O) groups is 1. The van der Waals surface area contributed by atoms with Crippen molar-refractivity contribution in [2.24, 2.45) is 0 Å². The number of alkyl halides is 3. The summed E-state index contributed by atoms with van der Waals surface area (Å²) in [5.41, 5.74) is 5.23. The Balaban J connectivity index is 1.83. The van der Waals surface area contributed by atoms with Crippen molar-refractivity contribution in [1.82, 2.24) is 4.98 Å². The van der Waals surface area contributed by atoms with Gasteiger partial charge in [-0.2, -0.15) is 0 Å². The highest BCUT2D eigenvalue weighted by Gasteiger charge is 2.29. The van der Waals surface area contributed by atoms with Gasteiger partial charge in [0.25, 0.3) is 0 Å². The van der Waals surface area contributed by atoms with E-state index in [1.54, 1.807) is 0 Å². The number of hydrogen-bond donors (Lipinski definition) is 1. The van der Waals surface area contributed by atoms with Gasteiger partial charge in [-0.25, -0.2) is 4.79 Å². The standard InChI is InChI=1S/C16H19Cl3N2O2/c1-9-13(10-4-2-5-10)20-12-7-3-6-11(12)14(9)21-15(22)23-8-16(17,18)19/h10H,2-8H2,1H3,(H,20,21,22). The zero-order valence-corrected chi connectivity index (χ0v) is 15.2. The first-order chi connectivity index (χ1) is 10.8. The first-order valence-corrected chi connectivity index (χ1v) is 9.01. The van der Waals surface area contributed by atoms with E-state index in [0.29, 0.717) is 5.92 Å². The molecule has 7 heteroatoms. The van der Waals surface area contributed by atoms with Crippen LogP contribution in [0.1, 0.15) is 54.1 Å². The molecule has 0 spiro atoms. The summed E-state index contributed by atoms with van der Waals surface area (Å²) in [6.45, 7) is 1.73. The van der Waals surface area contributed by atoms with E-state index in [9.17, 15) is 4.79 Å². The third kappa shape index (κ3) is 3.86. The number of halogens is 3. The number of nitrogens with zero attached hydrogens (tertiary/aromatic N) is 1. The maximum Gasteiger partial charge on any atom is 0.411 e. The van der Waals surface area contributed by atoms with Crippen LogP contribution in [0.5, 0.6) is 0 Å². The van der Waals surface area contributed by atoms with Gasteiger partial charge in [0.15, 0.2) is 0 Å². The van der Waals surface area contributed by atoms with Crippen LogP contribution in [0.25, 0.3) is 0 Å². The minimum absolute atomic E-state index is 0.286. The van der Waals surface area contributed by atoms with Crippen molar-refractivity contribution < 1.29 is 9.53 Å². The fourth-order valence-electron chi connectivity index (χ4n) is 3.24. The van der Waals surface area contributed by atoms with Gasteiger partial charge in [-0.3, -0.25) is 10.3 Å². The molecule has 126 valence electrons. The fraction of sp³-hybridized carbons (Fsp3) is 0.625. The van der Waals surface area contributed by atoms with E-state index >= 15 is 0 Å². The molecule has 2 aliphatic rings. The molecule has 23 heavy (non-hydrogen) atoms. The van der Waals surface area contributed by atoms with Gasteiger partial charge in [-0.15, -0.1) is 0 Å². The molecule has 0 bridgehead atoms. The molecule has 3 rings (SSSR count). The highest BCUT2D eigenvalue weighted by atomic mass is 35.6. The van der Waals surface area contributed by atoms with Crippen LogP contribution in [0.2, 0.25) is 0 Å². The van der Waals surface area contributed by atoms with Crippen molar-refractivity contribution in [3.63, 3.8) is 0 Å². The monoisotopic (exact) mass is 376 g/mol. The molecule has 1 aromatic rings. The number of carbonyl (C=O) groups excluding carboxylic acids is 1. The van der Waals surface area contributed by atoms with Gasteiger partial charge in [0.1, 0.15) is 6.61 Å². The van der Waals surface area contributed by atoms with E-state index < -0.39 is 9.89 Å². The van der Waals surface area contributed by atoms with Crippen molar-refractivity contribution in [2.45, 2.75) is 55.2 Å². The molecule has 1 heterocycles. The van der Waals surface area contributed by atoms with Gasteiger partial charge in [0, 0.05) is 17.3 Å². The summed E-state index contributed by atoms with van der Waals surface area (Å²) in [5, 5.41) is 2.85. The molecular formula is C16H19Cl3N2O2. The lowest BCUT2D eigenvalue weighted by Crippen LogP contribution is -2.23. The SMILES string of the molecule is Cc1c(C2CCC2)nc2c(c1NC(=O)OCC(Cl)(Cl)Cl)CCC2. The van der Waals surface area contributed by atoms with E-state index in [-0.39, 0.29) is 6.61 Å². The third-order valence-corrected chi connectivity index (χ3v) is 4.92. The first kappa shape index (κ1) is 17.1. The van der Waals surface area contributed by atoms with Crippen molar-refractivity contribution in [3.8, 4) is 0 Å². The molecule has 2 aliphatic carbocycles. The summed E-state index contributed by atoms with van der Waals surface area (Å²) in [5.74, 6) is 0.513. The number of aromatic nitrogens is 1. The summed E-state index contributed by atoms with van der Waals surface area (Å²) >= 11 is 16.8. The van der Waals surface area contributed by atoms with E-state index in [2.05, 4.69) is 5.32 Å². The number of rotatable bonds is 3. The second-order valence-electron chi connectivity index (χ2n) is 6.22. The average molecular weight is 378 g/mol. The van der Waals surface area contributed by atoms with Crippen molar-refractivity contribution in [1.29, 1.82) is 0 Å². The van der Waals surface area contributed by atoms with Crippen molar-refractivity contribution in [2.75, 3.05) is 11.9 Å². The van der Waals surface area contributed by atoms with E-state index in [1.165, 1.54) is 19.3 Å². The van der Waals surface area contributed by atoms with Crippen molar-refractivity contribution in [3.05, 3.63) is 22.5 Å². The number of fused-ring (bicyclic) bond motifs is 1. The number of hydrogen-bond acceptors (Lipinski definition) is 3. The Morgan fingerprint density at radius 2 is 2.04 bits per heavy atom. The van der Waals surface area contributed by atoms with Crippen LogP contribution in [0.3, 0.4) is 0 Å². The topological polar surface area (TPSA) is 51.2 Å². The molecular weight excluding hydrogens is 359 g/mol. The van der Waals surface area contributed by atoms with Crippen LogP contribution < -0.4 is 5.32 Å². The molecule has 1 aromatic heterocycles. The maximum absolute atomic E-state index is 12.0. The molecule has 1 N–H and O–H groups in total. The Morgan fingerprint density at radius 3 is 2.65 bits per heavy atom. The zero-order valence-electron chi connectivity index (χ0n) is 12.9. The number of amides is 1. The van der Waals surface area contributed by atoms with Crippen LogP contribution >= 0.6 is 34.8 Å². The summed E-state index contributed by atoms with van der Waals surface area (Å²) in [4.78, 5) is 16.9. The Hall–Kier alpha value is -0.710. The van der Waals surface area contributed by atoms with Gasteiger partial charge in [-0.05, 0) is 50.2 Å². The quantitative estimate of drug-likeness (QED) is 0.749. The Bertz CT molecular complexity index is 625.